The highest BCUT2D eigenvalue weighted by molar-refractivity contribution is 7.29. The molecule has 0 saturated carbocycles. The van der Waals surface area contributed by atoms with E-state index in [0.29, 0.717) is 11.8 Å². The van der Waals surface area contributed by atoms with Gasteiger partial charge in [0.25, 0.3) is 0 Å². The minimum absolute atomic E-state index is 0.564. The molecule has 0 saturated heterocycles. The molecule has 0 spiro atoms. The molecule has 0 radical (unpaired) electrons. The summed E-state index contributed by atoms with van der Waals surface area (Å²) in [6.07, 6.45) is 0. The number of thiophene rings is 4. The average Bonchev–Trinajstić information content (AvgIpc) is 3.74. The van der Waals surface area contributed by atoms with Crippen molar-refractivity contribution in [2.75, 3.05) is 0 Å². The van der Waals surface area contributed by atoms with Crippen molar-refractivity contribution in [2.24, 2.45) is 0 Å². The van der Waals surface area contributed by atoms with E-state index in [0.717, 1.165) is 0 Å². The molecular weight excluding hydrogens is 537 g/mol. The maximum Gasteiger partial charge on any atom is 0.0449 e. The van der Waals surface area contributed by atoms with E-state index >= 15 is 0 Å². The van der Waals surface area contributed by atoms with Crippen LogP contribution in [0.5, 0.6) is 0 Å². The van der Waals surface area contributed by atoms with Gasteiger partial charge in [0.15, 0.2) is 0 Å². The predicted molar refractivity (Wildman–Crippen MR) is 173 cm³/mol. The van der Waals surface area contributed by atoms with Gasteiger partial charge in [-0.1, -0.05) is 76.2 Å². The highest BCUT2D eigenvalue weighted by atomic mass is 32.1. The van der Waals surface area contributed by atoms with Crippen LogP contribution in [-0.4, -0.2) is 0 Å². The van der Waals surface area contributed by atoms with Crippen molar-refractivity contribution in [3.8, 4) is 50.1 Å². The van der Waals surface area contributed by atoms with Gasteiger partial charge in [0, 0.05) is 39.0 Å². The minimum Gasteiger partial charge on any atom is -0.134 e. The largest absolute Gasteiger partial charge is 0.134 e. The van der Waals surface area contributed by atoms with Crippen LogP contribution in [0.4, 0.5) is 0 Å². The Labute approximate surface area is 241 Å². The fraction of sp³-hybridized carbons (Fsp3) is 0.176. The molecule has 0 aliphatic rings. The third-order valence-electron chi connectivity index (χ3n) is 6.88. The highest BCUT2D eigenvalue weighted by Crippen LogP contribution is 2.45. The predicted octanol–water partition coefficient (Wildman–Crippen LogP) is 12.5. The Bertz CT molecular complexity index is 1520. The van der Waals surface area contributed by atoms with Crippen LogP contribution >= 0.6 is 45.3 Å². The molecule has 190 valence electrons. The third-order valence-corrected chi connectivity index (χ3v) is 11.9. The Kier molecular flexibility index (Phi) is 7.24. The van der Waals surface area contributed by atoms with Crippen molar-refractivity contribution in [2.45, 2.75) is 39.5 Å². The zero-order chi connectivity index (χ0) is 26.2. The zero-order valence-electron chi connectivity index (χ0n) is 22.0. The molecule has 0 nitrogen and oxygen atoms in total. The summed E-state index contributed by atoms with van der Waals surface area (Å²) in [6, 6.07) is 36.3. The topological polar surface area (TPSA) is 0 Å². The van der Waals surface area contributed by atoms with Gasteiger partial charge >= 0.3 is 0 Å². The van der Waals surface area contributed by atoms with Crippen LogP contribution in [0, 0.1) is 0 Å². The van der Waals surface area contributed by atoms with Gasteiger partial charge in [-0.15, -0.1) is 45.3 Å². The summed E-state index contributed by atoms with van der Waals surface area (Å²) < 4.78 is 0. The number of benzene rings is 2. The van der Waals surface area contributed by atoms with E-state index in [1.807, 2.05) is 45.3 Å². The molecule has 0 aliphatic heterocycles. The lowest BCUT2D eigenvalue weighted by atomic mass is 10.0. The summed E-state index contributed by atoms with van der Waals surface area (Å²) in [5, 5.41) is 0. The van der Waals surface area contributed by atoms with Gasteiger partial charge in [-0.3, -0.25) is 0 Å². The maximum atomic E-state index is 2.28. The fourth-order valence-electron chi connectivity index (χ4n) is 4.52. The van der Waals surface area contributed by atoms with Crippen molar-refractivity contribution in [3.05, 3.63) is 108 Å². The Balaban J connectivity index is 1.19. The van der Waals surface area contributed by atoms with Gasteiger partial charge < -0.3 is 0 Å². The smallest absolute Gasteiger partial charge is 0.0449 e. The first-order valence-electron chi connectivity index (χ1n) is 13.1. The van der Waals surface area contributed by atoms with E-state index in [4.69, 9.17) is 0 Å². The average molecular weight is 567 g/mol. The summed E-state index contributed by atoms with van der Waals surface area (Å²) >= 11 is 7.55. The molecule has 6 aromatic rings. The molecule has 0 N–H and O–H groups in total. The minimum atomic E-state index is 0.564. The molecular formula is C34H30S4. The normalized spacial score (nSPS) is 11.6. The van der Waals surface area contributed by atoms with Gasteiger partial charge in [-0.2, -0.15) is 0 Å². The van der Waals surface area contributed by atoms with Gasteiger partial charge in [-0.05, 0) is 82.6 Å². The van der Waals surface area contributed by atoms with E-state index < -0.39 is 0 Å². The standard InChI is InChI=1S/C34H30S4/c1-21(2)23-5-9-25(10-6-23)27-13-15-29(35-27)31-17-19-33(37-31)34-20-18-32(38-34)30-16-14-28(36-30)26-11-7-24(8-12-26)22(3)4/h5-22H,1-4H3. The highest BCUT2D eigenvalue weighted by Gasteiger charge is 2.13. The molecule has 2 aromatic carbocycles. The third kappa shape index (κ3) is 5.23. The van der Waals surface area contributed by atoms with Gasteiger partial charge in [0.05, 0.1) is 0 Å². The van der Waals surface area contributed by atoms with E-state index in [-0.39, 0.29) is 0 Å². The zero-order valence-corrected chi connectivity index (χ0v) is 25.3. The molecule has 6 rings (SSSR count). The SMILES string of the molecule is CC(C)c1ccc(-c2ccc(-c3ccc(-c4ccc(-c5ccc(-c6ccc(C(C)C)cc6)s5)s4)s3)s2)cc1. The van der Waals surface area contributed by atoms with Crippen molar-refractivity contribution in [1.82, 2.24) is 0 Å². The second-order valence-electron chi connectivity index (χ2n) is 10.2. The second-order valence-corrected chi connectivity index (χ2v) is 14.5. The van der Waals surface area contributed by atoms with E-state index in [9.17, 15) is 0 Å². The summed E-state index contributed by atoms with van der Waals surface area (Å²) in [7, 11) is 0. The van der Waals surface area contributed by atoms with Crippen LogP contribution in [0.2, 0.25) is 0 Å². The van der Waals surface area contributed by atoms with E-state index in [1.54, 1.807) is 0 Å². The lowest BCUT2D eigenvalue weighted by molar-refractivity contribution is 0.867. The van der Waals surface area contributed by atoms with Gasteiger partial charge in [0.2, 0.25) is 0 Å². The van der Waals surface area contributed by atoms with Crippen molar-refractivity contribution < 1.29 is 0 Å². The quantitative estimate of drug-likeness (QED) is 0.180. The van der Waals surface area contributed by atoms with Gasteiger partial charge in [0.1, 0.15) is 0 Å². The maximum absolute atomic E-state index is 2.28. The first-order valence-corrected chi connectivity index (χ1v) is 16.3. The van der Waals surface area contributed by atoms with E-state index in [1.165, 1.54) is 61.3 Å². The first-order chi connectivity index (χ1) is 18.4. The Morgan fingerprint density at radius 3 is 0.816 bits per heavy atom. The molecule has 4 heteroatoms. The van der Waals surface area contributed by atoms with Crippen LogP contribution in [0.25, 0.3) is 50.1 Å². The van der Waals surface area contributed by atoms with Crippen LogP contribution in [0.15, 0.2) is 97.1 Å². The number of hydrogen-bond acceptors (Lipinski definition) is 4. The second kappa shape index (κ2) is 10.8. The summed E-state index contributed by atoms with van der Waals surface area (Å²) in [4.78, 5) is 10.7. The summed E-state index contributed by atoms with van der Waals surface area (Å²) in [5.41, 5.74) is 5.39. The Hall–Kier alpha value is -2.76. The van der Waals surface area contributed by atoms with Crippen LogP contribution in [-0.2, 0) is 0 Å². The number of rotatable bonds is 7. The van der Waals surface area contributed by atoms with Crippen LogP contribution in [0.1, 0.15) is 50.7 Å². The van der Waals surface area contributed by atoms with Crippen molar-refractivity contribution in [3.63, 3.8) is 0 Å². The molecule has 0 fully saturated rings. The molecule has 38 heavy (non-hydrogen) atoms. The Morgan fingerprint density at radius 1 is 0.316 bits per heavy atom. The monoisotopic (exact) mass is 566 g/mol. The fourth-order valence-corrected chi connectivity index (χ4v) is 8.83. The molecule has 0 aliphatic carbocycles. The summed E-state index contributed by atoms with van der Waals surface area (Å²) in [5.74, 6) is 1.13. The van der Waals surface area contributed by atoms with E-state index in [2.05, 4.69) is 125 Å². The van der Waals surface area contributed by atoms with Crippen LogP contribution in [0.3, 0.4) is 0 Å². The van der Waals surface area contributed by atoms with Crippen LogP contribution < -0.4 is 0 Å². The molecule has 0 unspecified atom stereocenters. The van der Waals surface area contributed by atoms with Crippen molar-refractivity contribution in [1.29, 1.82) is 0 Å². The lowest BCUT2D eigenvalue weighted by Crippen LogP contribution is -1.85. The molecule has 0 amide bonds. The van der Waals surface area contributed by atoms with Crippen molar-refractivity contribution >= 4 is 45.3 Å². The molecule has 0 bridgehead atoms. The number of hydrogen-bond donors (Lipinski definition) is 0. The molecule has 0 atom stereocenters. The lowest BCUT2D eigenvalue weighted by Gasteiger charge is -2.05. The van der Waals surface area contributed by atoms with Gasteiger partial charge in [-0.25, -0.2) is 0 Å². The molecule has 4 heterocycles. The molecule has 4 aromatic heterocycles. The summed E-state index contributed by atoms with van der Waals surface area (Å²) in [6.45, 7) is 8.97. The first kappa shape index (κ1) is 25.5. The Morgan fingerprint density at radius 2 is 0.553 bits per heavy atom.